The third-order valence-electron chi connectivity index (χ3n) is 7.28. The van der Waals surface area contributed by atoms with Crippen LogP contribution in [0.4, 0.5) is 34.5 Å². The fourth-order valence-corrected chi connectivity index (χ4v) is 5.70. The molecule has 1 aliphatic rings. The van der Waals surface area contributed by atoms with Crippen LogP contribution in [0.15, 0.2) is 30.4 Å². The monoisotopic (exact) mass is 639 g/mol. The third kappa shape index (κ3) is 12.0. The van der Waals surface area contributed by atoms with E-state index in [4.69, 9.17) is 4.74 Å². The summed E-state index contributed by atoms with van der Waals surface area (Å²) in [6, 6.07) is 5.53. The molecule has 13 heteroatoms. The van der Waals surface area contributed by atoms with Crippen LogP contribution in [-0.4, -0.2) is 52.3 Å². The average Bonchev–Trinajstić information content (AvgIpc) is 3.40. The van der Waals surface area contributed by atoms with E-state index in [9.17, 15) is 27.9 Å². The first kappa shape index (κ1) is 35.1. The van der Waals surface area contributed by atoms with Crippen LogP contribution in [0.5, 0.6) is 0 Å². The number of nitrogens with one attached hydrogen (secondary N) is 2. The van der Waals surface area contributed by atoms with Gasteiger partial charge in [0.2, 0.25) is 11.0 Å². The summed E-state index contributed by atoms with van der Waals surface area (Å²) in [5.41, 5.74) is 2.07. The van der Waals surface area contributed by atoms with Crippen molar-refractivity contribution in [2.45, 2.75) is 96.8 Å². The molecule has 2 unspecified atom stereocenters. The second-order valence-corrected chi connectivity index (χ2v) is 12.4. The van der Waals surface area contributed by atoms with Crippen LogP contribution >= 0.6 is 11.5 Å². The van der Waals surface area contributed by atoms with Crippen molar-refractivity contribution in [3.05, 3.63) is 41.7 Å². The molecule has 0 saturated heterocycles. The molecule has 3 rings (SSSR count). The summed E-state index contributed by atoms with van der Waals surface area (Å²) in [5, 5.41) is 15.2. The topological polar surface area (TPSA) is 117 Å². The van der Waals surface area contributed by atoms with Gasteiger partial charge in [-0.25, -0.2) is 4.79 Å². The summed E-state index contributed by atoms with van der Waals surface area (Å²) < 4.78 is 48.5. The molecule has 0 fully saturated rings. The second kappa shape index (κ2) is 17.2. The average molecular weight is 640 g/mol. The molecule has 0 radical (unpaired) electrons. The number of nitrogens with zero attached hydrogens (tertiary/aromatic N) is 3. The molecular weight excluding hydrogens is 595 g/mol. The highest BCUT2D eigenvalue weighted by Crippen LogP contribution is 2.36. The first-order chi connectivity index (χ1) is 20.9. The Bertz CT molecular complexity index is 1240. The fourth-order valence-electron chi connectivity index (χ4n) is 5.10. The van der Waals surface area contributed by atoms with Crippen molar-refractivity contribution in [2.75, 3.05) is 29.9 Å². The van der Waals surface area contributed by atoms with Gasteiger partial charge in [-0.05, 0) is 80.9 Å². The van der Waals surface area contributed by atoms with Gasteiger partial charge in [0.1, 0.15) is 6.10 Å². The van der Waals surface area contributed by atoms with Crippen molar-refractivity contribution in [3.8, 4) is 0 Å². The number of benzene rings is 1. The lowest BCUT2D eigenvalue weighted by molar-refractivity contribution is -0.144. The highest BCUT2D eigenvalue weighted by molar-refractivity contribution is 7.09. The highest BCUT2D eigenvalue weighted by Gasteiger charge is 2.36. The number of carboxylic acid groups (broad SMARTS) is 1. The predicted molar refractivity (Wildman–Crippen MR) is 167 cm³/mol. The number of aromatic nitrogens is 2. The van der Waals surface area contributed by atoms with Crippen LogP contribution in [0.2, 0.25) is 0 Å². The van der Waals surface area contributed by atoms with Crippen LogP contribution in [-0.2, 0) is 15.7 Å². The van der Waals surface area contributed by atoms with Crippen molar-refractivity contribution in [2.24, 2.45) is 5.92 Å². The SMILES string of the molecule is CC(C)CN(CCCCCNC(=O)OC1CC/C=C/CCC1)c1ccc(C(C)CC(=O)O)cc1Nc1nc(C(F)(F)F)ns1. The Hall–Kier alpha value is -3.35. The highest BCUT2D eigenvalue weighted by atomic mass is 32.1. The molecule has 1 amide bonds. The zero-order valence-electron chi connectivity index (χ0n) is 25.7. The predicted octanol–water partition coefficient (Wildman–Crippen LogP) is 8.13. The maximum Gasteiger partial charge on any atom is 0.452 e. The normalized spacial score (nSPS) is 16.9. The number of halogens is 3. The Morgan fingerprint density at radius 3 is 2.61 bits per heavy atom. The van der Waals surface area contributed by atoms with E-state index < -0.39 is 18.0 Å². The first-order valence-corrected chi connectivity index (χ1v) is 16.1. The molecule has 1 aromatic heterocycles. The fraction of sp³-hybridized carbons (Fsp3) is 0.613. The second-order valence-electron chi connectivity index (χ2n) is 11.7. The van der Waals surface area contributed by atoms with Crippen LogP contribution in [0.3, 0.4) is 0 Å². The van der Waals surface area contributed by atoms with E-state index in [0.29, 0.717) is 42.8 Å². The number of alkyl halides is 3. The maximum absolute atomic E-state index is 13.1. The summed E-state index contributed by atoms with van der Waals surface area (Å²) in [4.78, 5) is 29.4. The summed E-state index contributed by atoms with van der Waals surface area (Å²) in [6.07, 6.45) is 6.28. The molecule has 0 aliphatic heterocycles. The number of carbonyl (C=O) groups excluding carboxylic acids is 1. The molecule has 0 spiro atoms. The van der Waals surface area contributed by atoms with E-state index in [1.54, 1.807) is 13.0 Å². The number of carboxylic acids is 1. The first-order valence-electron chi connectivity index (χ1n) is 15.3. The number of hydrogen-bond acceptors (Lipinski definition) is 8. The number of allylic oxidation sites excluding steroid dienone is 2. The lowest BCUT2D eigenvalue weighted by Crippen LogP contribution is -2.31. The van der Waals surface area contributed by atoms with E-state index >= 15 is 0 Å². The number of anilines is 3. The summed E-state index contributed by atoms with van der Waals surface area (Å²) >= 11 is 0.620. The van der Waals surface area contributed by atoms with Gasteiger partial charge in [0, 0.05) is 31.2 Å². The number of amides is 1. The third-order valence-corrected chi connectivity index (χ3v) is 7.92. The van der Waals surface area contributed by atoms with Gasteiger partial charge in [-0.1, -0.05) is 39.0 Å². The molecule has 9 nitrogen and oxygen atoms in total. The van der Waals surface area contributed by atoms with Gasteiger partial charge in [0.05, 0.1) is 17.8 Å². The van der Waals surface area contributed by atoms with E-state index in [0.717, 1.165) is 62.6 Å². The molecule has 1 aliphatic carbocycles. The molecule has 2 atom stereocenters. The lowest BCUT2D eigenvalue weighted by Gasteiger charge is -2.29. The van der Waals surface area contributed by atoms with Crippen LogP contribution in [0.1, 0.15) is 95.9 Å². The molecule has 0 bridgehead atoms. The van der Waals surface area contributed by atoms with E-state index in [-0.39, 0.29) is 29.7 Å². The number of rotatable bonds is 15. The minimum absolute atomic E-state index is 0.0000556. The summed E-state index contributed by atoms with van der Waals surface area (Å²) in [7, 11) is 0. The van der Waals surface area contributed by atoms with E-state index in [1.807, 2.05) is 12.1 Å². The largest absolute Gasteiger partial charge is 0.481 e. The summed E-state index contributed by atoms with van der Waals surface area (Å²) in [6.45, 7) is 7.86. The van der Waals surface area contributed by atoms with Gasteiger partial charge in [-0.3, -0.25) is 4.79 Å². The molecule has 1 heterocycles. The summed E-state index contributed by atoms with van der Waals surface area (Å²) in [5.74, 6) is -2.15. The van der Waals surface area contributed by atoms with E-state index in [2.05, 4.69) is 50.9 Å². The Morgan fingerprint density at radius 1 is 1.14 bits per heavy atom. The van der Waals surface area contributed by atoms with Gasteiger partial charge >= 0.3 is 18.2 Å². The molecule has 0 saturated carbocycles. The number of hydrogen-bond donors (Lipinski definition) is 3. The smallest absolute Gasteiger partial charge is 0.452 e. The number of aliphatic carboxylic acids is 1. The Kier molecular flexibility index (Phi) is 13.7. The Labute approximate surface area is 261 Å². The van der Waals surface area contributed by atoms with Gasteiger partial charge in [-0.15, -0.1) is 0 Å². The molecular formula is C31H44F3N5O4S. The molecule has 3 N–H and O–H groups in total. The molecule has 2 aromatic rings. The number of carbonyl (C=O) groups is 2. The zero-order valence-corrected chi connectivity index (χ0v) is 26.5. The quantitative estimate of drug-likeness (QED) is 0.132. The van der Waals surface area contributed by atoms with Gasteiger partial charge in [0.25, 0.3) is 0 Å². The van der Waals surface area contributed by atoms with Gasteiger partial charge in [-0.2, -0.15) is 22.5 Å². The lowest BCUT2D eigenvalue weighted by atomic mass is 9.96. The Morgan fingerprint density at radius 2 is 1.91 bits per heavy atom. The minimum Gasteiger partial charge on any atom is -0.481 e. The van der Waals surface area contributed by atoms with E-state index in [1.165, 1.54) is 0 Å². The van der Waals surface area contributed by atoms with Crippen molar-refractivity contribution in [1.29, 1.82) is 0 Å². The van der Waals surface area contributed by atoms with Crippen LogP contribution in [0.25, 0.3) is 0 Å². The van der Waals surface area contributed by atoms with Crippen molar-refractivity contribution >= 4 is 40.1 Å². The van der Waals surface area contributed by atoms with Gasteiger partial charge in [0.15, 0.2) is 0 Å². The molecule has 244 valence electrons. The minimum atomic E-state index is -4.65. The maximum atomic E-state index is 13.1. The van der Waals surface area contributed by atoms with Crippen molar-refractivity contribution in [3.63, 3.8) is 0 Å². The van der Waals surface area contributed by atoms with Gasteiger partial charge < -0.3 is 25.4 Å². The molecule has 44 heavy (non-hydrogen) atoms. The molecule has 1 aromatic carbocycles. The number of ether oxygens (including phenoxy) is 1. The van der Waals surface area contributed by atoms with Crippen molar-refractivity contribution < 1.29 is 32.6 Å². The Balaban J connectivity index is 1.64. The number of unbranched alkanes of at least 4 members (excludes halogenated alkanes) is 2. The van der Waals surface area contributed by atoms with Crippen LogP contribution in [0, 0.1) is 5.92 Å². The standard InChI is InChI=1S/C31H44F3N5O4S/c1-21(2)20-39(17-11-7-10-16-35-30(42)43-24-12-8-5-4-6-9-13-24)26-15-14-23(22(3)18-27(40)41)19-25(26)36-29-37-28(38-44-29)31(32,33)34/h4-5,14-15,19,21-22,24H,6-13,16-18,20H2,1-3H3,(H,35,42)(H,40,41)(H,36,37,38)/b5-4+. The van der Waals surface area contributed by atoms with Crippen LogP contribution < -0.4 is 15.5 Å². The van der Waals surface area contributed by atoms with Crippen molar-refractivity contribution in [1.82, 2.24) is 14.7 Å². The number of alkyl carbamates (subject to hydrolysis) is 1. The zero-order chi connectivity index (χ0) is 32.1.